The van der Waals surface area contributed by atoms with E-state index in [9.17, 15) is 4.39 Å². The van der Waals surface area contributed by atoms with Crippen LogP contribution < -0.4 is 4.57 Å². The van der Waals surface area contributed by atoms with Crippen molar-refractivity contribution in [3.63, 3.8) is 0 Å². The molecule has 3 rings (SSSR count). The molecule has 0 aliphatic heterocycles. The van der Waals surface area contributed by atoms with Crippen molar-refractivity contribution in [2.75, 3.05) is 0 Å². The summed E-state index contributed by atoms with van der Waals surface area (Å²) in [5, 5.41) is 1.64. The van der Waals surface area contributed by atoms with E-state index in [1.165, 1.54) is 16.7 Å². The van der Waals surface area contributed by atoms with Gasteiger partial charge in [0, 0.05) is 13.0 Å². The zero-order valence-corrected chi connectivity index (χ0v) is 16.9. The van der Waals surface area contributed by atoms with Crippen LogP contribution in [-0.2, 0) is 13.5 Å². The summed E-state index contributed by atoms with van der Waals surface area (Å²) in [7, 11) is 1.97. The van der Waals surface area contributed by atoms with Crippen molar-refractivity contribution in [3.8, 4) is 11.3 Å². The number of hydrogen-bond donors (Lipinski definition) is 0. The number of aromatic nitrogens is 1. The summed E-state index contributed by atoms with van der Waals surface area (Å²) in [5.41, 5.74) is 7.28. The minimum atomic E-state index is -0.178. The van der Waals surface area contributed by atoms with Crippen LogP contribution in [0.25, 0.3) is 22.0 Å². The molecule has 26 heavy (non-hydrogen) atoms. The van der Waals surface area contributed by atoms with Crippen molar-refractivity contribution < 1.29 is 10.3 Å². The third-order valence-electron chi connectivity index (χ3n) is 5.29. The van der Waals surface area contributed by atoms with E-state index in [0.717, 1.165) is 27.7 Å². The maximum Gasteiger partial charge on any atom is 0.220 e. The predicted octanol–water partition coefficient (Wildman–Crippen LogP) is 5.90. The van der Waals surface area contributed by atoms with Crippen LogP contribution in [0.5, 0.6) is 0 Å². The first-order valence-electron chi connectivity index (χ1n) is 9.81. The summed E-state index contributed by atoms with van der Waals surface area (Å²) in [4.78, 5) is 0. The van der Waals surface area contributed by atoms with Gasteiger partial charge in [-0.1, -0.05) is 25.5 Å². The Bertz CT molecular complexity index is 1050. The molecule has 2 aromatic carbocycles. The van der Waals surface area contributed by atoms with E-state index in [2.05, 4.69) is 46.8 Å². The number of aryl methyl sites for hydroxylation is 2. The highest BCUT2D eigenvalue weighted by molar-refractivity contribution is 5.94. The van der Waals surface area contributed by atoms with Crippen LogP contribution in [0.4, 0.5) is 4.39 Å². The maximum atomic E-state index is 14.9. The summed E-state index contributed by atoms with van der Waals surface area (Å²) in [6.07, 6.45) is 0.680. The van der Waals surface area contributed by atoms with Crippen LogP contribution in [0.2, 0.25) is 0 Å². The Balaban J connectivity index is 2.45. The lowest BCUT2D eigenvalue weighted by atomic mass is 9.92. The van der Waals surface area contributed by atoms with E-state index >= 15 is 0 Å². The first kappa shape index (κ1) is 17.2. The molecule has 1 heterocycles. The summed E-state index contributed by atoms with van der Waals surface area (Å²) in [6.45, 7) is 12.5. The van der Waals surface area contributed by atoms with Crippen molar-refractivity contribution in [3.05, 3.63) is 64.1 Å². The Kier molecular flexibility index (Phi) is 4.52. The lowest BCUT2D eigenvalue weighted by Gasteiger charge is -2.14. The van der Waals surface area contributed by atoms with Gasteiger partial charge in [-0.3, -0.25) is 0 Å². The molecule has 1 nitrogen and oxygen atoms in total. The van der Waals surface area contributed by atoms with Gasteiger partial charge in [0.1, 0.15) is 12.9 Å². The van der Waals surface area contributed by atoms with Crippen LogP contribution in [-0.4, -0.2) is 0 Å². The predicted molar refractivity (Wildman–Crippen MR) is 108 cm³/mol. The topological polar surface area (TPSA) is 3.88 Å². The van der Waals surface area contributed by atoms with Gasteiger partial charge in [0.2, 0.25) is 5.69 Å². The van der Waals surface area contributed by atoms with Crippen molar-refractivity contribution in [2.24, 2.45) is 13.0 Å². The molecule has 0 aliphatic rings. The summed E-state index contributed by atoms with van der Waals surface area (Å²) >= 11 is 0. The molecule has 0 spiro atoms. The number of hydrogen-bond acceptors (Lipinski definition) is 0. The van der Waals surface area contributed by atoms with E-state index in [1.807, 2.05) is 24.6 Å². The molecular weight excluding hydrogens is 321 g/mol. The molecule has 3 aromatic rings. The molecule has 0 saturated carbocycles. The van der Waals surface area contributed by atoms with Crippen LogP contribution in [0.1, 0.15) is 43.2 Å². The zero-order chi connectivity index (χ0) is 20.0. The molecule has 0 unspecified atom stereocenters. The van der Waals surface area contributed by atoms with Crippen molar-refractivity contribution >= 4 is 10.8 Å². The molecule has 1 aromatic heterocycles. The molecular formula is C24H29FN+. The molecule has 0 N–H and O–H groups in total. The average Bonchev–Trinajstić information content (AvgIpc) is 2.58. The van der Waals surface area contributed by atoms with Gasteiger partial charge in [-0.25, -0.2) is 4.39 Å². The Morgan fingerprint density at radius 3 is 2.42 bits per heavy atom. The maximum absolute atomic E-state index is 14.9. The molecule has 0 fully saturated rings. The lowest BCUT2D eigenvalue weighted by molar-refractivity contribution is -0.665. The highest BCUT2D eigenvalue weighted by Gasteiger charge is 2.22. The number of pyridine rings is 1. The van der Waals surface area contributed by atoms with Gasteiger partial charge >= 0.3 is 0 Å². The van der Waals surface area contributed by atoms with E-state index in [-0.39, 0.29) is 5.82 Å². The lowest BCUT2D eigenvalue weighted by Crippen LogP contribution is -2.35. The van der Waals surface area contributed by atoms with Gasteiger partial charge < -0.3 is 0 Å². The average molecular weight is 352 g/mol. The van der Waals surface area contributed by atoms with Crippen LogP contribution in [0.3, 0.4) is 0 Å². The SMILES string of the molecule is [2H]c1c(C)[n+](C)c(-c2cc(C)cc(C)c2C)c2cc(F)c(CC(C)C)cc12. The Morgan fingerprint density at radius 1 is 1.08 bits per heavy atom. The first-order valence-corrected chi connectivity index (χ1v) is 9.31. The monoisotopic (exact) mass is 351 g/mol. The third kappa shape index (κ3) is 3.25. The third-order valence-corrected chi connectivity index (χ3v) is 5.29. The molecule has 0 saturated heterocycles. The van der Waals surface area contributed by atoms with Gasteiger partial charge in [0.05, 0.1) is 12.3 Å². The van der Waals surface area contributed by atoms with Gasteiger partial charge in [0.15, 0.2) is 5.69 Å². The standard InChI is InChI=1S/C24H29FN/c1-14(2)8-20-12-19-11-17(5)26(7)24(22(19)13-23(20)25)21-10-15(3)9-16(4)18(21)6/h9-14H,8H2,1-7H3/q+1/i11D. The summed E-state index contributed by atoms with van der Waals surface area (Å²) < 4.78 is 25.6. The molecule has 0 bridgehead atoms. The molecule has 0 aliphatic carbocycles. The van der Waals surface area contributed by atoms with Gasteiger partial charge in [0.25, 0.3) is 0 Å². The normalized spacial score (nSPS) is 12.1. The Labute approximate surface area is 157 Å². The van der Waals surface area contributed by atoms with E-state index in [0.29, 0.717) is 23.9 Å². The summed E-state index contributed by atoms with van der Waals surface area (Å²) in [6, 6.07) is 8.34. The second-order valence-electron chi connectivity index (χ2n) is 7.96. The number of benzene rings is 2. The quantitative estimate of drug-likeness (QED) is 0.517. The number of nitrogens with zero attached hydrogens (tertiary/aromatic N) is 1. The molecule has 136 valence electrons. The first-order chi connectivity index (χ1) is 12.6. The second-order valence-corrected chi connectivity index (χ2v) is 7.96. The molecule has 0 amide bonds. The fraction of sp³-hybridized carbons (Fsp3) is 0.375. The van der Waals surface area contributed by atoms with Gasteiger partial charge in [-0.2, -0.15) is 4.57 Å². The highest BCUT2D eigenvalue weighted by Crippen LogP contribution is 2.32. The van der Waals surface area contributed by atoms with Gasteiger partial charge in [-0.15, -0.1) is 0 Å². The van der Waals surface area contributed by atoms with Crippen molar-refractivity contribution in [1.82, 2.24) is 0 Å². The Hall–Kier alpha value is -2.22. The molecule has 0 radical (unpaired) electrons. The number of fused-ring (bicyclic) bond motifs is 1. The van der Waals surface area contributed by atoms with E-state index in [1.54, 1.807) is 6.07 Å². The largest absolute Gasteiger partial charge is 0.220 e. The zero-order valence-electron chi connectivity index (χ0n) is 17.9. The number of halogens is 1. The van der Waals surface area contributed by atoms with E-state index in [4.69, 9.17) is 1.37 Å². The van der Waals surface area contributed by atoms with E-state index < -0.39 is 0 Å². The van der Waals surface area contributed by atoms with Crippen molar-refractivity contribution in [1.29, 1.82) is 0 Å². The molecule has 2 heteroatoms. The number of rotatable bonds is 3. The smallest absolute Gasteiger partial charge is 0.207 e. The van der Waals surface area contributed by atoms with Crippen LogP contribution in [0.15, 0.2) is 30.3 Å². The highest BCUT2D eigenvalue weighted by atomic mass is 19.1. The minimum absolute atomic E-state index is 0.178. The fourth-order valence-corrected chi connectivity index (χ4v) is 3.75. The fourth-order valence-electron chi connectivity index (χ4n) is 3.75. The van der Waals surface area contributed by atoms with Gasteiger partial charge in [-0.05, 0) is 73.4 Å². The summed E-state index contributed by atoms with van der Waals surface area (Å²) in [5.74, 6) is 0.191. The Morgan fingerprint density at radius 2 is 1.77 bits per heavy atom. The molecule has 0 atom stereocenters. The second kappa shape index (κ2) is 6.83. The van der Waals surface area contributed by atoms with Crippen molar-refractivity contribution in [2.45, 2.75) is 48.0 Å². The minimum Gasteiger partial charge on any atom is -0.207 e. The van der Waals surface area contributed by atoms with Crippen LogP contribution in [0, 0.1) is 39.4 Å². The van der Waals surface area contributed by atoms with Crippen LogP contribution >= 0.6 is 0 Å².